The Morgan fingerprint density at radius 3 is 2.88 bits per heavy atom. The van der Waals surface area contributed by atoms with Crippen LogP contribution in [0.5, 0.6) is 0 Å². The van der Waals surface area contributed by atoms with Crippen LogP contribution in [0.25, 0.3) is 0 Å². The number of nitrogens with one attached hydrogen (secondary N) is 1. The molecule has 0 radical (unpaired) electrons. The zero-order valence-electron chi connectivity index (χ0n) is 9.72. The quantitative estimate of drug-likeness (QED) is 0.898. The van der Waals surface area contributed by atoms with Gasteiger partial charge in [-0.05, 0) is 42.9 Å². The van der Waals surface area contributed by atoms with Crippen molar-refractivity contribution in [2.45, 2.75) is 19.4 Å². The van der Waals surface area contributed by atoms with Crippen LogP contribution >= 0.6 is 23.4 Å². The molecule has 1 aliphatic heterocycles. The third kappa shape index (κ3) is 3.87. The molecule has 17 heavy (non-hydrogen) atoms. The minimum Gasteiger partial charge on any atom is -0.312 e. The summed E-state index contributed by atoms with van der Waals surface area (Å²) in [6.07, 6.45) is 2.55. The molecule has 1 heterocycles. The van der Waals surface area contributed by atoms with E-state index in [-0.39, 0.29) is 10.8 Å². The number of thioether (sulfide) groups is 1. The van der Waals surface area contributed by atoms with Crippen molar-refractivity contribution in [1.29, 1.82) is 0 Å². The maximum atomic E-state index is 13.6. The molecule has 0 saturated carbocycles. The van der Waals surface area contributed by atoms with E-state index in [1.807, 2.05) is 11.8 Å². The molecular weight excluding hydrogens is 257 g/mol. The van der Waals surface area contributed by atoms with Gasteiger partial charge in [0.1, 0.15) is 5.82 Å². The lowest BCUT2D eigenvalue weighted by atomic mass is 10.0. The van der Waals surface area contributed by atoms with Gasteiger partial charge in [0.05, 0.1) is 5.02 Å². The number of hydrogen-bond donors (Lipinski definition) is 1. The minimum atomic E-state index is -0.291. The van der Waals surface area contributed by atoms with E-state index in [9.17, 15) is 4.39 Å². The van der Waals surface area contributed by atoms with Gasteiger partial charge in [-0.25, -0.2) is 4.39 Å². The number of halogens is 2. The molecule has 0 bridgehead atoms. The monoisotopic (exact) mass is 273 g/mol. The normalized spacial score (nSPS) is 17.3. The average molecular weight is 274 g/mol. The SMILES string of the molecule is Fc1c(Cl)cccc1CNCC1CCSCC1. The van der Waals surface area contributed by atoms with Gasteiger partial charge >= 0.3 is 0 Å². The van der Waals surface area contributed by atoms with Gasteiger partial charge in [0.15, 0.2) is 0 Å². The number of rotatable bonds is 4. The molecule has 0 aliphatic carbocycles. The summed E-state index contributed by atoms with van der Waals surface area (Å²) in [5.41, 5.74) is 0.655. The van der Waals surface area contributed by atoms with Crippen LogP contribution in [-0.4, -0.2) is 18.1 Å². The largest absolute Gasteiger partial charge is 0.312 e. The van der Waals surface area contributed by atoms with Gasteiger partial charge in [0, 0.05) is 12.1 Å². The lowest BCUT2D eigenvalue weighted by Gasteiger charge is -2.21. The van der Waals surface area contributed by atoms with Crippen LogP contribution in [0.15, 0.2) is 18.2 Å². The van der Waals surface area contributed by atoms with Gasteiger partial charge in [0.2, 0.25) is 0 Å². The van der Waals surface area contributed by atoms with E-state index < -0.39 is 0 Å². The lowest BCUT2D eigenvalue weighted by molar-refractivity contribution is 0.444. The summed E-state index contributed by atoms with van der Waals surface area (Å²) in [5.74, 6) is 2.98. The van der Waals surface area contributed by atoms with Crippen LogP contribution in [0.1, 0.15) is 18.4 Å². The van der Waals surface area contributed by atoms with Gasteiger partial charge in [-0.3, -0.25) is 0 Å². The molecule has 1 N–H and O–H groups in total. The molecular formula is C13H17ClFNS. The van der Waals surface area contributed by atoms with E-state index in [0.717, 1.165) is 12.5 Å². The highest BCUT2D eigenvalue weighted by atomic mass is 35.5. The van der Waals surface area contributed by atoms with Crippen molar-refractivity contribution >= 4 is 23.4 Å². The van der Waals surface area contributed by atoms with E-state index in [2.05, 4.69) is 5.32 Å². The predicted molar refractivity (Wildman–Crippen MR) is 73.2 cm³/mol. The van der Waals surface area contributed by atoms with Gasteiger partial charge < -0.3 is 5.32 Å². The molecule has 1 aliphatic rings. The van der Waals surface area contributed by atoms with E-state index in [1.165, 1.54) is 24.3 Å². The second kappa shape index (κ2) is 6.62. The Morgan fingerprint density at radius 1 is 1.35 bits per heavy atom. The van der Waals surface area contributed by atoms with Crippen LogP contribution in [0.2, 0.25) is 5.02 Å². The average Bonchev–Trinajstić information content (AvgIpc) is 2.36. The van der Waals surface area contributed by atoms with Crippen LogP contribution < -0.4 is 5.32 Å². The first kappa shape index (κ1) is 13.2. The zero-order valence-corrected chi connectivity index (χ0v) is 11.3. The van der Waals surface area contributed by atoms with Crippen molar-refractivity contribution in [2.24, 2.45) is 5.92 Å². The summed E-state index contributed by atoms with van der Waals surface area (Å²) in [6.45, 7) is 1.54. The Hall–Kier alpha value is -0.250. The topological polar surface area (TPSA) is 12.0 Å². The summed E-state index contributed by atoms with van der Waals surface area (Å²) in [4.78, 5) is 0. The van der Waals surface area contributed by atoms with Crippen molar-refractivity contribution in [3.63, 3.8) is 0 Å². The summed E-state index contributed by atoms with van der Waals surface area (Å²) >= 11 is 7.76. The number of hydrogen-bond acceptors (Lipinski definition) is 2. The fourth-order valence-corrected chi connectivity index (χ4v) is 3.44. The van der Waals surface area contributed by atoms with Crippen molar-refractivity contribution in [1.82, 2.24) is 5.32 Å². The van der Waals surface area contributed by atoms with Crippen LogP contribution in [0, 0.1) is 11.7 Å². The molecule has 1 nitrogen and oxygen atoms in total. The second-order valence-electron chi connectivity index (χ2n) is 4.40. The first-order valence-corrected chi connectivity index (χ1v) is 7.52. The molecule has 1 fully saturated rings. The highest BCUT2D eigenvalue weighted by Crippen LogP contribution is 2.22. The molecule has 0 atom stereocenters. The van der Waals surface area contributed by atoms with Crippen molar-refractivity contribution in [3.8, 4) is 0 Å². The first-order valence-electron chi connectivity index (χ1n) is 5.98. The third-order valence-corrected chi connectivity index (χ3v) is 4.46. The van der Waals surface area contributed by atoms with Gasteiger partial charge in [-0.15, -0.1) is 0 Å². The van der Waals surface area contributed by atoms with Gasteiger partial charge in [0.25, 0.3) is 0 Å². The highest BCUT2D eigenvalue weighted by Gasteiger charge is 2.13. The van der Waals surface area contributed by atoms with Crippen molar-refractivity contribution in [3.05, 3.63) is 34.6 Å². The maximum Gasteiger partial charge on any atom is 0.146 e. The molecule has 4 heteroatoms. The molecule has 0 amide bonds. The van der Waals surface area contributed by atoms with E-state index in [4.69, 9.17) is 11.6 Å². The second-order valence-corrected chi connectivity index (χ2v) is 6.03. The molecule has 1 saturated heterocycles. The molecule has 0 spiro atoms. The molecule has 2 rings (SSSR count). The first-order chi connectivity index (χ1) is 8.27. The summed E-state index contributed by atoms with van der Waals surface area (Å²) in [6, 6.07) is 5.16. The highest BCUT2D eigenvalue weighted by molar-refractivity contribution is 7.99. The lowest BCUT2D eigenvalue weighted by Crippen LogP contribution is -2.25. The minimum absolute atomic E-state index is 0.207. The maximum absolute atomic E-state index is 13.6. The van der Waals surface area contributed by atoms with E-state index >= 15 is 0 Å². The van der Waals surface area contributed by atoms with Gasteiger partial charge in [-0.1, -0.05) is 23.7 Å². The fraction of sp³-hybridized carbons (Fsp3) is 0.538. The Morgan fingerprint density at radius 2 is 2.12 bits per heavy atom. The Bertz CT molecular complexity index is 366. The standard InChI is InChI=1S/C13H17ClFNS/c14-12-3-1-2-11(13(12)15)9-16-8-10-4-6-17-7-5-10/h1-3,10,16H,4-9H2. The molecule has 1 aromatic rings. The zero-order chi connectivity index (χ0) is 12.1. The Labute approximate surface area is 111 Å². The Balaban J connectivity index is 1.79. The number of benzene rings is 1. The fourth-order valence-electron chi connectivity index (χ4n) is 2.05. The van der Waals surface area contributed by atoms with Crippen molar-refractivity contribution < 1.29 is 4.39 Å². The van der Waals surface area contributed by atoms with Crippen LogP contribution in [0.4, 0.5) is 4.39 Å². The Kier molecular flexibility index (Phi) is 5.14. The summed E-state index contributed by atoms with van der Waals surface area (Å²) in [7, 11) is 0. The summed E-state index contributed by atoms with van der Waals surface area (Å²) < 4.78 is 13.6. The van der Waals surface area contributed by atoms with E-state index in [0.29, 0.717) is 12.1 Å². The molecule has 0 aromatic heterocycles. The molecule has 0 unspecified atom stereocenters. The molecule has 94 valence electrons. The smallest absolute Gasteiger partial charge is 0.146 e. The molecule has 1 aromatic carbocycles. The summed E-state index contributed by atoms with van der Waals surface area (Å²) in [5, 5.41) is 3.54. The predicted octanol–water partition coefficient (Wildman–Crippen LogP) is 3.71. The van der Waals surface area contributed by atoms with Crippen LogP contribution in [-0.2, 0) is 6.54 Å². The third-order valence-electron chi connectivity index (χ3n) is 3.12. The van der Waals surface area contributed by atoms with Crippen molar-refractivity contribution in [2.75, 3.05) is 18.1 Å². The van der Waals surface area contributed by atoms with Gasteiger partial charge in [-0.2, -0.15) is 11.8 Å². The van der Waals surface area contributed by atoms with E-state index in [1.54, 1.807) is 18.2 Å². The van der Waals surface area contributed by atoms with Crippen LogP contribution in [0.3, 0.4) is 0 Å².